The van der Waals surface area contributed by atoms with Crippen molar-refractivity contribution in [2.24, 2.45) is 5.92 Å². The van der Waals surface area contributed by atoms with Gasteiger partial charge in [0.2, 0.25) is 0 Å². The Balaban J connectivity index is 1.85. The van der Waals surface area contributed by atoms with E-state index >= 15 is 0 Å². The minimum absolute atomic E-state index is 0.214. The number of nitrogens with zero attached hydrogens (tertiary/aromatic N) is 3. The Morgan fingerprint density at radius 3 is 2.41 bits per heavy atom. The van der Waals surface area contributed by atoms with Crippen LogP contribution in [-0.4, -0.2) is 34.1 Å². The summed E-state index contributed by atoms with van der Waals surface area (Å²) in [5.41, 5.74) is 1.63. The molecule has 192 valence electrons. The van der Waals surface area contributed by atoms with Gasteiger partial charge in [-0.3, -0.25) is 9.36 Å². The number of rotatable bonds is 8. The van der Waals surface area contributed by atoms with Crippen LogP contribution in [0.4, 0.5) is 10.5 Å². The molecule has 2 amide bonds. The number of ether oxygens (including phenoxy) is 1. The van der Waals surface area contributed by atoms with E-state index in [1.165, 1.54) is 0 Å². The van der Waals surface area contributed by atoms with Crippen molar-refractivity contribution in [3.8, 4) is 11.4 Å². The summed E-state index contributed by atoms with van der Waals surface area (Å²) in [5, 5.41) is 3.50. The highest BCUT2D eigenvalue weighted by atomic mass is 79.9. The summed E-state index contributed by atoms with van der Waals surface area (Å²) in [4.78, 5) is 34.1. The molecule has 0 spiro atoms. The lowest BCUT2D eigenvalue weighted by Gasteiger charge is -2.31. The highest BCUT2D eigenvalue weighted by Crippen LogP contribution is 2.28. The fourth-order valence-corrected chi connectivity index (χ4v) is 4.48. The third-order valence-electron chi connectivity index (χ3n) is 6.27. The zero-order valence-electron chi connectivity index (χ0n) is 21.4. The maximum absolute atomic E-state index is 13.8. The number of nitrogens with one attached hydrogen (secondary N) is 1. The summed E-state index contributed by atoms with van der Waals surface area (Å²) >= 11 is 3.43. The van der Waals surface area contributed by atoms with Gasteiger partial charge in [0.1, 0.15) is 11.6 Å². The molecule has 7 nitrogen and oxygen atoms in total. The quantitative estimate of drug-likeness (QED) is 0.256. The predicted molar refractivity (Wildman–Crippen MR) is 152 cm³/mol. The first-order valence-corrected chi connectivity index (χ1v) is 13.1. The molecule has 0 saturated carbocycles. The van der Waals surface area contributed by atoms with Crippen molar-refractivity contribution in [1.82, 2.24) is 14.5 Å². The SMILES string of the molecule is COc1ccccc1-n1c(C(C)N(CCC(C)C)C(=O)Nc2ccc(Br)cc2)nc2ccccc2c1=O. The zero-order valence-corrected chi connectivity index (χ0v) is 23.0. The molecule has 1 N–H and O–H groups in total. The van der Waals surface area contributed by atoms with Crippen LogP contribution < -0.4 is 15.6 Å². The molecule has 0 saturated heterocycles. The smallest absolute Gasteiger partial charge is 0.322 e. The summed E-state index contributed by atoms with van der Waals surface area (Å²) in [6.07, 6.45) is 0.796. The number of amides is 2. The molecular formula is C29H31BrN4O3. The number of hydrogen-bond acceptors (Lipinski definition) is 4. The molecular weight excluding hydrogens is 532 g/mol. The molecule has 3 aromatic carbocycles. The number of benzene rings is 3. The third kappa shape index (κ3) is 5.85. The number of fused-ring (bicyclic) bond motifs is 1. The Labute approximate surface area is 225 Å². The van der Waals surface area contributed by atoms with E-state index in [0.29, 0.717) is 46.3 Å². The summed E-state index contributed by atoms with van der Waals surface area (Å²) < 4.78 is 8.09. The summed E-state index contributed by atoms with van der Waals surface area (Å²) in [7, 11) is 1.57. The summed E-state index contributed by atoms with van der Waals surface area (Å²) in [6.45, 7) is 6.64. The molecule has 1 atom stereocenters. The van der Waals surface area contributed by atoms with Crippen LogP contribution in [0.1, 0.15) is 39.1 Å². The second-order valence-corrected chi connectivity index (χ2v) is 10.2. The maximum Gasteiger partial charge on any atom is 0.322 e. The molecule has 1 heterocycles. The van der Waals surface area contributed by atoms with Gasteiger partial charge >= 0.3 is 6.03 Å². The van der Waals surface area contributed by atoms with Gasteiger partial charge in [0, 0.05) is 16.7 Å². The van der Waals surface area contributed by atoms with Gasteiger partial charge in [-0.2, -0.15) is 0 Å². The Bertz CT molecular complexity index is 1450. The highest BCUT2D eigenvalue weighted by Gasteiger charge is 2.28. The number of aromatic nitrogens is 2. The number of anilines is 1. The van der Waals surface area contributed by atoms with Crippen molar-refractivity contribution in [2.45, 2.75) is 33.2 Å². The second-order valence-electron chi connectivity index (χ2n) is 9.29. The molecule has 4 rings (SSSR count). The number of methoxy groups -OCH3 is 1. The molecule has 8 heteroatoms. The third-order valence-corrected chi connectivity index (χ3v) is 6.80. The molecule has 0 radical (unpaired) electrons. The molecule has 1 unspecified atom stereocenters. The lowest BCUT2D eigenvalue weighted by Crippen LogP contribution is -2.40. The van der Waals surface area contributed by atoms with Crippen molar-refractivity contribution in [1.29, 1.82) is 0 Å². The Hall–Kier alpha value is -3.65. The standard InChI is InChI=1S/C29H31BrN4O3/c1-19(2)17-18-33(29(36)31-22-15-13-21(30)14-16-22)20(3)27-32-24-10-6-5-9-23(24)28(35)34(27)25-11-7-8-12-26(25)37-4/h5-16,19-20H,17-18H2,1-4H3,(H,31,36). The van der Waals surface area contributed by atoms with E-state index < -0.39 is 6.04 Å². The fraction of sp³-hybridized carbons (Fsp3) is 0.276. The van der Waals surface area contributed by atoms with Crippen molar-refractivity contribution in [3.05, 3.63) is 93.4 Å². The summed E-state index contributed by atoms with van der Waals surface area (Å²) in [6, 6.07) is 21.3. The molecule has 0 bridgehead atoms. The minimum atomic E-state index is -0.517. The van der Waals surface area contributed by atoms with E-state index in [1.54, 1.807) is 22.6 Å². The van der Waals surface area contributed by atoms with E-state index in [9.17, 15) is 9.59 Å². The predicted octanol–water partition coefficient (Wildman–Crippen LogP) is 6.80. The Morgan fingerprint density at radius 2 is 1.70 bits per heavy atom. The second kappa shape index (κ2) is 11.6. The van der Waals surface area contributed by atoms with Crippen molar-refractivity contribution < 1.29 is 9.53 Å². The van der Waals surface area contributed by atoms with Gasteiger partial charge in [0.15, 0.2) is 0 Å². The number of para-hydroxylation sites is 3. The average molecular weight is 563 g/mol. The lowest BCUT2D eigenvalue weighted by molar-refractivity contribution is 0.185. The fourth-order valence-electron chi connectivity index (χ4n) is 4.21. The minimum Gasteiger partial charge on any atom is -0.495 e. The number of halogens is 1. The number of carbonyl (C=O) groups excluding carboxylic acids is 1. The maximum atomic E-state index is 13.8. The summed E-state index contributed by atoms with van der Waals surface area (Å²) in [5.74, 6) is 1.39. The Kier molecular flexibility index (Phi) is 8.28. The zero-order chi connectivity index (χ0) is 26.5. The number of urea groups is 1. The van der Waals surface area contributed by atoms with E-state index in [-0.39, 0.29) is 11.6 Å². The number of hydrogen-bond donors (Lipinski definition) is 1. The van der Waals surface area contributed by atoms with Crippen LogP contribution in [0.3, 0.4) is 0 Å². The van der Waals surface area contributed by atoms with Crippen LogP contribution in [-0.2, 0) is 0 Å². The van der Waals surface area contributed by atoms with Crippen molar-refractivity contribution in [3.63, 3.8) is 0 Å². The van der Waals surface area contributed by atoms with E-state index in [1.807, 2.05) is 73.7 Å². The highest BCUT2D eigenvalue weighted by molar-refractivity contribution is 9.10. The van der Waals surface area contributed by atoms with Gasteiger partial charge in [-0.25, -0.2) is 9.78 Å². The van der Waals surface area contributed by atoms with Crippen LogP contribution in [0.2, 0.25) is 0 Å². The van der Waals surface area contributed by atoms with Gasteiger partial charge in [-0.15, -0.1) is 0 Å². The first kappa shape index (κ1) is 26.4. The van der Waals surface area contributed by atoms with Crippen LogP contribution in [0.25, 0.3) is 16.6 Å². The van der Waals surface area contributed by atoms with Gasteiger partial charge in [-0.1, -0.05) is 54.0 Å². The average Bonchev–Trinajstić information content (AvgIpc) is 2.89. The molecule has 0 fully saturated rings. The molecule has 0 aliphatic rings. The monoisotopic (exact) mass is 562 g/mol. The Morgan fingerprint density at radius 1 is 1.03 bits per heavy atom. The molecule has 4 aromatic rings. The van der Waals surface area contributed by atoms with Crippen LogP contribution >= 0.6 is 15.9 Å². The lowest BCUT2D eigenvalue weighted by atomic mass is 10.1. The number of carbonyl (C=O) groups is 1. The van der Waals surface area contributed by atoms with Crippen molar-refractivity contribution >= 4 is 38.6 Å². The van der Waals surface area contributed by atoms with E-state index in [0.717, 1.165) is 10.9 Å². The van der Waals surface area contributed by atoms with E-state index in [2.05, 4.69) is 35.1 Å². The first-order valence-electron chi connectivity index (χ1n) is 12.3. The molecule has 1 aromatic heterocycles. The van der Waals surface area contributed by atoms with Crippen LogP contribution in [0, 0.1) is 5.92 Å². The first-order chi connectivity index (χ1) is 17.8. The molecule has 0 aliphatic heterocycles. The van der Waals surface area contributed by atoms with Gasteiger partial charge in [0.25, 0.3) is 5.56 Å². The largest absolute Gasteiger partial charge is 0.495 e. The van der Waals surface area contributed by atoms with Gasteiger partial charge in [-0.05, 0) is 67.8 Å². The van der Waals surface area contributed by atoms with Crippen molar-refractivity contribution in [2.75, 3.05) is 19.0 Å². The normalized spacial score (nSPS) is 11.9. The molecule has 37 heavy (non-hydrogen) atoms. The van der Waals surface area contributed by atoms with E-state index in [4.69, 9.17) is 9.72 Å². The van der Waals surface area contributed by atoms with Gasteiger partial charge in [0.05, 0.1) is 29.7 Å². The van der Waals surface area contributed by atoms with Crippen LogP contribution in [0.15, 0.2) is 82.1 Å². The van der Waals surface area contributed by atoms with Crippen LogP contribution in [0.5, 0.6) is 5.75 Å². The van der Waals surface area contributed by atoms with Gasteiger partial charge < -0.3 is 15.0 Å². The molecule has 0 aliphatic carbocycles. The topological polar surface area (TPSA) is 76.5 Å².